The van der Waals surface area contributed by atoms with E-state index in [1.807, 2.05) is 13.8 Å². The molecule has 26 heavy (non-hydrogen) atoms. The minimum absolute atomic E-state index is 0.103. The smallest absolute Gasteiger partial charge is 0.364 e. The number of para-hydroxylation sites is 2. The molecule has 6 nitrogen and oxygen atoms in total. The second-order valence-electron chi connectivity index (χ2n) is 6.32. The normalized spacial score (nSPS) is 10.9. The van der Waals surface area contributed by atoms with Gasteiger partial charge in [0.2, 0.25) is 0 Å². The zero-order valence-corrected chi connectivity index (χ0v) is 14.9. The third kappa shape index (κ3) is 3.44. The van der Waals surface area contributed by atoms with Gasteiger partial charge in [-0.2, -0.15) is 5.10 Å². The first-order valence-corrected chi connectivity index (χ1v) is 8.36. The zero-order chi connectivity index (χ0) is 18.7. The maximum atomic E-state index is 12.8. The molecule has 0 N–H and O–H groups in total. The fourth-order valence-corrected chi connectivity index (χ4v) is 2.71. The van der Waals surface area contributed by atoms with Crippen LogP contribution in [-0.2, 0) is 6.54 Å². The average Bonchev–Trinajstić information content (AvgIpc) is 2.64. The Morgan fingerprint density at radius 2 is 1.65 bits per heavy atom. The maximum Gasteiger partial charge on any atom is 0.364 e. The van der Waals surface area contributed by atoms with E-state index in [2.05, 4.69) is 5.10 Å². The van der Waals surface area contributed by atoms with Crippen molar-refractivity contribution in [3.05, 3.63) is 64.6 Å². The Morgan fingerprint density at radius 1 is 1.04 bits per heavy atom. The van der Waals surface area contributed by atoms with Crippen molar-refractivity contribution in [1.29, 1.82) is 0 Å². The highest BCUT2D eigenvalue weighted by molar-refractivity contribution is 6.03. The van der Waals surface area contributed by atoms with Crippen LogP contribution in [0, 0.1) is 5.92 Å². The molecule has 0 aliphatic heterocycles. The Morgan fingerprint density at radius 3 is 2.31 bits per heavy atom. The lowest BCUT2D eigenvalue weighted by Gasteiger charge is -2.13. The Bertz CT molecular complexity index is 1010. The highest BCUT2D eigenvalue weighted by Gasteiger charge is 2.20. The minimum Gasteiger partial charge on any atom is -0.493 e. The van der Waals surface area contributed by atoms with Crippen LogP contribution in [0.1, 0.15) is 24.3 Å². The van der Waals surface area contributed by atoms with Crippen LogP contribution < -0.4 is 15.0 Å². The van der Waals surface area contributed by atoms with Crippen LogP contribution >= 0.6 is 0 Å². The van der Waals surface area contributed by atoms with Crippen molar-refractivity contribution in [3.8, 4) is 11.5 Å². The molecule has 0 aliphatic rings. The Balaban J connectivity index is 2.10. The summed E-state index contributed by atoms with van der Waals surface area (Å²) in [6.45, 7) is 4.38. The van der Waals surface area contributed by atoms with Crippen LogP contribution in [0.4, 0.5) is 0 Å². The van der Waals surface area contributed by atoms with Crippen LogP contribution in [-0.4, -0.2) is 22.9 Å². The second-order valence-corrected chi connectivity index (χ2v) is 6.32. The summed E-state index contributed by atoms with van der Waals surface area (Å²) in [5.74, 6) is 0.316. The molecule has 0 fully saturated rings. The average molecular weight is 352 g/mol. The number of esters is 1. The lowest BCUT2D eigenvalue weighted by molar-refractivity contribution is 0.0722. The van der Waals surface area contributed by atoms with Crippen LogP contribution in [0.2, 0.25) is 0 Å². The van der Waals surface area contributed by atoms with E-state index in [1.165, 1.54) is 11.8 Å². The molecule has 0 amide bonds. The summed E-state index contributed by atoms with van der Waals surface area (Å²) in [6.07, 6.45) is 0. The number of hydrogen-bond donors (Lipinski definition) is 0. The highest BCUT2D eigenvalue weighted by Crippen LogP contribution is 2.27. The van der Waals surface area contributed by atoms with Gasteiger partial charge in [-0.25, -0.2) is 9.48 Å². The van der Waals surface area contributed by atoms with Gasteiger partial charge in [0.05, 0.1) is 12.5 Å². The number of rotatable bonds is 5. The number of nitrogens with zero attached hydrogens (tertiary/aromatic N) is 2. The summed E-state index contributed by atoms with van der Waals surface area (Å²) in [5, 5.41) is 5.19. The first kappa shape index (κ1) is 17.7. The standard InChI is InChI=1S/C20H20N2O4/c1-13(2)12-22-19(23)15-9-5-4-8-14(15)18(21-22)20(24)26-17-11-7-6-10-16(17)25-3/h4-11,13H,12H2,1-3H3. The predicted molar refractivity (Wildman–Crippen MR) is 98.8 cm³/mol. The lowest BCUT2D eigenvalue weighted by atomic mass is 10.1. The predicted octanol–water partition coefficient (Wildman–Crippen LogP) is 3.28. The van der Waals surface area contributed by atoms with Crippen molar-refractivity contribution in [1.82, 2.24) is 9.78 Å². The van der Waals surface area contributed by atoms with Gasteiger partial charge >= 0.3 is 5.97 Å². The van der Waals surface area contributed by atoms with Crippen LogP contribution in [0.25, 0.3) is 10.8 Å². The Kier molecular flexibility index (Phi) is 5.02. The molecule has 1 heterocycles. The molecule has 0 aliphatic carbocycles. The maximum absolute atomic E-state index is 12.8. The number of hydrogen-bond acceptors (Lipinski definition) is 5. The van der Waals surface area contributed by atoms with Gasteiger partial charge in [-0.3, -0.25) is 4.79 Å². The van der Waals surface area contributed by atoms with E-state index in [9.17, 15) is 9.59 Å². The number of aromatic nitrogens is 2. The van der Waals surface area contributed by atoms with Gasteiger partial charge in [0.1, 0.15) is 0 Å². The van der Waals surface area contributed by atoms with Gasteiger partial charge < -0.3 is 9.47 Å². The Labute approximate surface area is 151 Å². The quantitative estimate of drug-likeness (QED) is 0.521. The fraction of sp³-hybridized carbons (Fsp3) is 0.250. The van der Waals surface area contributed by atoms with Crippen molar-refractivity contribution >= 4 is 16.7 Å². The van der Waals surface area contributed by atoms with Crippen molar-refractivity contribution in [3.63, 3.8) is 0 Å². The van der Waals surface area contributed by atoms with E-state index in [1.54, 1.807) is 48.5 Å². The molecule has 0 saturated heterocycles. The molecule has 0 spiro atoms. The molecule has 3 aromatic rings. The molecule has 0 radical (unpaired) electrons. The number of benzene rings is 2. The van der Waals surface area contributed by atoms with Crippen molar-refractivity contribution in [2.75, 3.05) is 7.11 Å². The number of carbonyl (C=O) groups excluding carboxylic acids is 1. The summed E-state index contributed by atoms with van der Waals surface area (Å²) in [6, 6.07) is 13.8. The molecule has 6 heteroatoms. The van der Waals surface area contributed by atoms with E-state index < -0.39 is 5.97 Å². The first-order valence-electron chi connectivity index (χ1n) is 8.36. The fourth-order valence-electron chi connectivity index (χ4n) is 2.71. The summed E-state index contributed by atoms with van der Waals surface area (Å²) in [7, 11) is 1.50. The van der Waals surface area contributed by atoms with Gasteiger partial charge in [-0.15, -0.1) is 0 Å². The van der Waals surface area contributed by atoms with Crippen LogP contribution in [0.5, 0.6) is 11.5 Å². The summed E-state index contributed by atoms with van der Waals surface area (Å²) < 4.78 is 12.0. The monoisotopic (exact) mass is 352 g/mol. The lowest BCUT2D eigenvalue weighted by Crippen LogP contribution is -2.28. The minimum atomic E-state index is -0.636. The number of carbonyl (C=O) groups is 1. The van der Waals surface area contributed by atoms with Crippen molar-refractivity contribution in [2.45, 2.75) is 20.4 Å². The van der Waals surface area contributed by atoms with Gasteiger partial charge in [0.15, 0.2) is 17.2 Å². The molecule has 0 bridgehead atoms. The summed E-state index contributed by atoms with van der Waals surface area (Å²) >= 11 is 0. The third-order valence-electron chi connectivity index (χ3n) is 3.87. The Hall–Kier alpha value is -3.15. The highest BCUT2D eigenvalue weighted by atomic mass is 16.6. The molecule has 0 atom stereocenters. The first-order chi connectivity index (χ1) is 12.5. The molecule has 0 unspecified atom stereocenters. The molecule has 0 saturated carbocycles. The van der Waals surface area contributed by atoms with Crippen molar-refractivity contribution < 1.29 is 14.3 Å². The van der Waals surface area contributed by atoms with Gasteiger partial charge in [0, 0.05) is 11.9 Å². The van der Waals surface area contributed by atoms with Crippen LogP contribution in [0.3, 0.4) is 0 Å². The SMILES string of the molecule is COc1ccccc1OC(=O)c1nn(CC(C)C)c(=O)c2ccccc12. The topological polar surface area (TPSA) is 70.4 Å². The van der Waals surface area contributed by atoms with Crippen LogP contribution in [0.15, 0.2) is 53.3 Å². The molecule has 1 aromatic heterocycles. The molecule has 3 rings (SSSR count). The third-order valence-corrected chi connectivity index (χ3v) is 3.87. The van der Waals surface area contributed by atoms with E-state index in [4.69, 9.17) is 9.47 Å². The number of methoxy groups -OCH3 is 1. The van der Waals surface area contributed by atoms with Gasteiger partial charge in [-0.1, -0.05) is 44.2 Å². The molecular weight excluding hydrogens is 332 g/mol. The van der Waals surface area contributed by atoms with E-state index in [0.29, 0.717) is 28.8 Å². The second kappa shape index (κ2) is 7.39. The molecular formula is C20H20N2O4. The zero-order valence-electron chi connectivity index (χ0n) is 14.9. The molecule has 134 valence electrons. The largest absolute Gasteiger partial charge is 0.493 e. The molecule has 2 aromatic carbocycles. The van der Waals surface area contributed by atoms with Gasteiger partial charge in [-0.05, 0) is 24.1 Å². The van der Waals surface area contributed by atoms with Crippen molar-refractivity contribution in [2.24, 2.45) is 5.92 Å². The van der Waals surface area contributed by atoms with E-state index in [0.717, 1.165) is 0 Å². The summed E-state index contributed by atoms with van der Waals surface area (Å²) in [5.41, 5.74) is -0.116. The number of ether oxygens (including phenoxy) is 2. The summed E-state index contributed by atoms with van der Waals surface area (Å²) in [4.78, 5) is 25.4. The van der Waals surface area contributed by atoms with Gasteiger partial charge in [0.25, 0.3) is 5.56 Å². The van der Waals surface area contributed by atoms with E-state index in [-0.39, 0.29) is 17.2 Å². The number of fused-ring (bicyclic) bond motifs is 1. The van der Waals surface area contributed by atoms with E-state index >= 15 is 0 Å².